The van der Waals surface area contributed by atoms with E-state index in [-0.39, 0.29) is 0 Å². The van der Waals surface area contributed by atoms with Crippen LogP contribution in [-0.4, -0.2) is 11.0 Å². The molecule has 0 unspecified atom stereocenters. The lowest BCUT2D eigenvalue weighted by Crippen LogP contribution is -2.50. The van der Waals surface area contributed by atoms with E-state index in [1.54, 1.807) is 6.42 Å². The molecule has 2 nitrogen and oxygen atoms in total. The fourth-order valence-corrected chi connectivity index (χ4v) is 8.76. The normalized spacial score (nSPS) is 46.2. The number of nitrogens with one attached hydrogen (secondary N) is 1. The van der Waals surface area contributed by atoms with Gasteiger partial charge in [-0.05, 0) is 117 Å². The maximum atomic E-state index is 4.30. The third-order valence-electron chi connectivity index (χ3n) is 9.95. The summed E-state index contributed by atoms with van der Waals surface area (Å²) in [6.07, 6.45) is 17.4. The fraction of sp³-hybridized carbons (Fsp3) is 0.808. The maximum absolute atomic E-state index is 4.30. The van der Waals surface area contributed by atoms with Gasteiger partial charge in [-0.25, -0.2) is 0 Å². The van der Waals surface area contributed by atoms with E-state index in [0.717, 1.165) is 41.4 Å². The predicted octanol–water partition coefficient (Wildman–Crippen LogP) is 6.79. The highest BCUT2D eigenvalue weighted by Gasteiger charge is 2.57. The third-order valence-corrected chi connectivity index (χ3v) is 9.95. The molecule has 0 spiro atoms. The zero-order chi connectivity index (χ0) is 19.3. The zero-order valence-electron chi connectivity index (χ0n) is 18.2. The molecule has 1 aromatic rings. The van der Waals surface area contributed by atoms with Gasteiger partial charge < -0.3 is 5.32 Å². The third kappa shape index (κ3) is 3.10. The number of fused-ring (bicyclic) bond motifs is 5. The van der Waals surface area contributed by atoms with Crippen LogP contribution in [0.4, 0.5) is 5.69 Å². The summed E-state index contributed by atoms with van der Waals surface area (Å²) in [5.74, 6) is 7.01. The van der Waals surface area contributed by atoms with Gasteiger partial charge in [-0.3, -0.25) is 4.98 Å². The molecule has 1 N–H and O–H groups in total. The lowest BCUT2D eigenvalue weighted by atomic mass is 9.49. The molecular weight excluding hydrogens is 340 g/mol. The van der Waals surface area contributed by atoms with Crippen molar-refractivity contribution >= 4 is 5.69 Å². The van der Waals surface area contributed by atoms with E-state index in [1.165, 1.54) is 57.1 Å². The van der Waals surface area contributed by atoms with Crippen LogP contribution >= 0.6 is 0 Å². The minimum atomic E-state index is 0.544. The Morgan fingerprint density at radius 2 is 1.89 bits per heavy atom. The summed E-state index contributed by atoms with van der Waals surface area (Å²) in [4.78, 5) is 4.30. The van der Waals surface area contributed by atoms with Gasteiger partial charge in [-0.2, -0.15) is 0 Å². The number of aromatic nitrogens is 1. The molecule has 154 valence electrons. The quantitative estimate of drug-likeness (QED) is 0.624. The highest BCUT2D eigenvalue weighted by Crippen LogP contribution is 2.65. The summed E-state index contributed by atoms with van der Waals surface area (Å²) < 4.78 is 0. The predicted molar refractivity (Wildman–Crippen MR) is 117 cm³/mol. The Hall–Kier alpha value is -1.05. The van der Waals surface area contributed by atoms with Crippen molar-refractivity contribution in [3.8, 4) is 0 Å². The minimum Gasteiger partial charge on any atom is -0.381 e. The molecule has 4 aliphatic rings. The Morgan fingerprint density at radius 3 is 2.71 bits per heavy atom. The van der Waals surface area contributed by atoms with Gasteiger partial charge in [-0.15, -0.1) is 0 Å². The molecule has 1 heterocycles. The Kier molecular flexibility index (Phi) is 4.96. The van der Waals surface area contributed by atoms with Gasteiger partial charge in [0.15, 0.2) is 0 Å². The van der Waals surface area contributed by atoms with Gasteiger partial charge >= 0.3 is 0 Å². The van der Waals surface area contributed by atoms with E-state index < -0.39 is 0 Å². The second kappa shape index (κ2) is 7.33. The van der Waals surface area contributed by atoms with Crippen LogP contribution in [0.1, 0.15) is 78.6 Å². The van der Waals surface area contributed by atoms with E-state index in [0.29, 0.717) is 11.5 Å². The Morgan fingerprint density at radius 1 is 1.04 bits per heavy atom. The average Bonchev–Trinajstić information content (AvgIpc) is 3.05. The van der Waals surface area contributed by atoms with E-state index in [1.807, 2.05) is 18.5 Å². The van der Waals surface area contributed by atoms with Crippen LogP contribution in [0.5, 0.6) is 0 Å². The number of hydrogen-bond acceptors (Lipinski definition) is 2. The molecular formula is C26H40N2. The van der Waals surface area contributed by atoms with Gasteiger partial charge in [0, 0.05) is 18.4 Å². The van der Waals surface area contributed by atoms with Crippen molar-refractivity contribution in [2.24, 2.45) is 46.8 Å². The van der Waals surface area contributed by atoms with E-state index >= 15 is 0 Å². The molecule has 9 atom stereocenters. The van der Waals surface area contributed by atoms with Gasteiger partial charge in [0.2, 0.25) is 0 Å². The standard InChI is InChI=1S/C26H40N2/c1-17-6-8-21-19(15-17)7-9-23-22(21)12-13-26(3)24(10-11-25(23)26)18(2)28-20-5-4-14-27-16-20/h4-5,14,16-19,21-25,28H,6-13,15H2,1-3H3/t17-,18+,19+,21-,22+,23+,24+,25-,26+/m0/s1. The number of pyridine rings is 1. The van der Waals surface area contributed by atoms with Crippen LogP contribution in [0.2, 0.25) is 0 Å². The van der Waals surface area contributed by atoms with Crippen LogP contribution in [0, 0.1) is 46.8 Å². The van der Waals surface area contributed by atoms with Crippen molar-refractivity contribution < 1.29 is 0 Å². The molecule has 0 bridgehead atoms. The average molecular weight is 381 g/mol. The lowest BCUT2D eigenvalue weighted by molar-refractivity contribution is -0.0683. The summed E-state index contributed by atoms with van der Waals surface area (Å²) in [7, 11) is 0. The van der Waals surface area contributed by atoms with Crippen molar-refractivity contribution in [3.63, 3.8) is 0 Å². The van der Waals surface area contributed by atoms with Crippen molar-refractivity contribution in [3.05, 3.63) is 24.5 Å². The molecule has 4 aliphatic carbocycles. The molecule has 0 aliphatic heterocycles. The lowest BCUT2D eigenvalue weighted by Gasteiger charge is -2.56. The molecule has 5 rings (SSSR count). The summed E-state index contributed by atoms with van der Waals surface area (Å²) in [6, 6.07) is 4.76. The number of anilines is 1. The summed E-state index contributed by atoms with van der Waals surface area (Å²) in [5.41, 5.74) is 1.73. The highest BCUT2D eigenvalue weighted by molar-refractivity contribution is 5.41. The maximum Gasteiger partial charge on any atom is 0.0528 e. The Balaban J connectivity index is 1.31. The van der Waals surface area contributed by atoms with E-state index in [4.69, 9.17) is 0 Å². The molecule has 1 aromatic heterocycles. The summed E-state index contributed by atoms with van der Waals surface area (Å²) in [5, 5.41) is 3.80. The monoisotopic (exact) mass is 380 g/mol. The number of hydrogen-bond donors (Lipinski definition) is 1. The molecule has 4 saturated carbocycles. The van der Waals surface area contributed by atoms with Crippen molar-refractivity contribution in [1.29, 1.82) is 0 Å². The van der Waals surface area contributed by atoms with Crippen LogP contribution in [0.3, 0.4) is 0 Å². The van der Waals surface area contributed by atoms with Gasteiger partial charge in [0.05, 0.1) is 5.69 Å². The van der Waals surface area contributed by atoms with Gasteiger partial charge in [0.25, 0.3) is 0 Å². The first-order valence-electron chi connectivity index (χ1n) is 12.2. The van der Waals surface area contributed by atoms with Gasteiger partial charge in [0.1, 0.15) is 0 Å². The number of nitrogens with zero attached hydrogens (tertiary/aromatic N) is 1. The van der Waals surface area contributed by atoms with Crippen molar-refractivity contribution in [1.82, 2.24) is 4.98 Å². The van der Waals surface area contributed by atoms with Crippen molar-refractivity contribution in [2.75, 3.05) is 5.32 Å². The summed E-state index contributed by atoms with van der Waals surface area (Å²) >= 11 is 0. The van der Waals surface area contributed by atoms with E-state index in [9.17, 15) is 0 Å². The molecule has 0 radical (unpaired) electrons. The smallest absolute Gasteiger partial charge is 0.0528 e. The number of rotatable bonds is 3. The Labute approximate surface area is 172 Å². The first kappa shape index (κ1) is 18.9. The molecule has 4 fully saturated rings. The highest BCUT2D eigenvalue weighted by atomic mass is 14.9. The summed E-state index contributed by atoms with van der Waals surface area (Å²) in [6.45, 7) is 7.59. The zero-order valence-corrected chi connectivity index (χ0v) is 18.2. The van der Waals surface area contributed by atoms with Crippen LogP contribution in [0.15, 0.2) is 24.5 Å². The van der Waals surface area contributed by atoms with Crippen LogP contribution in [0.25, 0.3) is 0 Å². The molecule has 0 saturated heterocycles. The fourth-order valence-electron chi connectivity index (χ4n) is 8.76. The molecule has 28 heavy (non-hydrogen) atoms. The second-order valence-corrected chi connectivity index (χ2v) is 11.3. The molecule has 2 heteroatoms. The second-order valence-electron chi connectivity index (χ2n) is 11.3. The molecule has 0 amide bonds. The van der Waals surface area contributed by atoms with Crippen LogP contribution < -0.4 is 5.32 Å². The Bertz CT molecular complexity index is 672. The molecule has 0 aromatic carbocycles. The van der Waals surface area contributed by atoms with Crippen LogP contribution in [-0.2, 0) is 0 Å². The SMILES string of the molecule is C[C@H]1CC[C@H]2[C@H](CC[C@@H]3[C@@H]2CC[C@]2(C)[C@@H]([C@@H](C)Nc4cccnc4)CC[C@@H]32)C1. The van der Waals surface area contributed by atoms with Crippen molar-refractivity contribution in [2.45, 2.75) is 84.6 Å². The first-order chi connectivity index (χ1) is 13.6. The first-order valence-corrected chi connectivity index (χ1v) is 12.2. The van der Waals surface area contributed by atoms with E-state index in [2.05, 4.69) is 37.1 Å². The van der Waals surface area contributed by atoms with Gasteiger partial charge in [-0.1, -0.05) is 20.3 Å². The topological polar surface area (TPSA) is 24.9 Å². The largest absolute Gasteiger partial charge is 0.381 e. The minimum absolute atomic E-state index is 0.544.